The van der Waals surface area contributed by atoms with Gasteiger partial charge in [0, 0.05) is 5.70 Å². The zero-order chi connectivity index (χ0) is 11.3. The Labute approximate surface area is 97.7 Å². The quantitative estimate of drug-likeness (QED) is 0.711. The standard InChI is InChI=1S/C10H8N2O2S2/c1-7-6-15-10-11-8-4-2-3-5-9(8)16(13,14)12(7)10/h2-6H,1H3. The van der Waals surface area contributed by atoms with Gasteiger partial charge in [0.15, 0.2) is 5.17 Å². The molecule has 16 heavy (non-hydrogen) atoms. The van der Waals surface area contributed by atoms with Crippen LogP contribution in [0.1, 0.15) is 6.92 Å². The van der Waals surface area contributed by atoms with Crippen molar-refractivity contribution in [2.24, 2.45) is 4.99 Å². The van der Waals surface area contributed by atoms with Gasteiger partial charge in [-0.1, -0.05) is 23.9 Å². The van der Waals surface area contributed by atoms with Gasteiger partial charge < -0.3 is 0 Å². The molecule has 0 bridgehead atoms. The third kappa shape index (κ3) is 1.17. The number of nitrogens with zero attached hydrogens (tertiary/aromatic N) is 2. The molecular weight excluding hydrogens is 244 g/mol. The van der Waals surface area contributed by atoms with Crippen LogP contribution in [-0.4, -0.2) is 17.9 Å². The van der Waals surface area contributed by atoms with Gasteiger partial charge in [0.05, 0.1) is 5.69 Å². The summed E-state index contributed by atoms with van der Waals surface area (Å²) in [5, 5.41) is 2.30. The van der Waals surface area contributed by atoms with Crippen LogP contribution in [0.5, 0.6) is 0 Å². The Morgan fingerprint density at radius 3 is 2.88 bits per heavy atom. The van der Waals surface area contributed by atoms with Gasteiger partial charge in [-0.15, -0.1) is 0 Å². The van der Waals surface area contributed by atoms with Crippen molar-refractivity contribution in [1.82, 2.24) is 4.31 Å². The van der Waals surface area contributed by atoms with Gasteiger partial charge >= 0.3 is 0 Å². The maximum atomic E-state index is 12.3. The van der Waals surface area contributed by atoms with Crippen molar-refractivity contribution in [1.29, 1.82) is 0 Å². The molecule has 0 unspecified atom stereocenters. The molecule has 6 heteroatoms. The number of hydrogen-bond acceptors (Lipinski definition) is 4. The molecule has 3 rings (SSSR count). The number of benzene rings is 1. The van der Waals surface area contributed by atoms with Crippen molar-refractivity contribution >= 4 is 32.6 Å². The molecule has 0 amide bonds. The predicted octanol–water partition coefficient (Wildman–Crippen LogP) is 2.29. The zero-order valence-electron chi connectivity index (χ0n) is 8.41. The lowest BCUT2D eigenvalue weighted by Crippen LogP contribution is -2.33. The van der Waals surface area contributed by atoms with E-state index in [1.807, 2.05) is 0 Å². The summed E-state index contributed by atoms with van der Waals surface area (Å²) in [5.74, 6) is 0. The number of thioether (sulfide) groups is 1. The second kappa shape index (κ2) is 3.11. The van der Waals surface area contributed by atoms with Gasteiger partial charge in [-0.25, -0.2) is 17.7 Å². The fraction of sp³-hybridized carbons (Fsp3) is 0.100. The molecular formula is C10H8N2O2S2. The third-order valence-corrected chi connectivity index (χ3v) is 5.33. The first-order chi connectivity index (χ1) is 7.60. The van der Waals surface area contributed by atoms with Crippen LogP contribution in [0, 0.1) is 0 Å². The Balaban J connectivity index is 2.33. The molecule has 0 fully saturated rings. The van der Waals surface area contributed by atoms with Crippen molar-refractivity contribution in [3.8, 4) is 0 Å². The lowest BCUT2D eigenvalue weighted by molar-refractivity contribution is 0.555. The van der Waals surface area contributed by atoms with Crippen LogP contribution >= 0.6 is 11.8 Å². The second-order valence-electron chi connectivity index (χ2n) is 3.51. The summed E-state index contributed by atoms with van der Waals surface area (Å²) in [4.78, 5) is 4.60. The van der Waals surface area contributed by atoms with E-state index in [2.05, 4.69) is 4.99 Å². The molecule has 2 aliphatic rings. The van der Waals surface area contributed by atoms with E-state index < -0.39 is 10.0 Å². The van der Waals surface area contributed by atoms with Crippen LogP contribution in [0.3, 0.4) is 0 Å². The van der Waals surface area contributed by atoms with Gasteiger partial charge in [-0.05, 0) is 24.5 Å². The summed E-state index contributed by atoms with van der Waals surface area (Å²) in [7, 11) is -3.46. The highest BCUT2D eigenvalue weighted by Crippen LogP contribution is 2.40. The van der Waals surface area contributed by atoms with E-state index in [0.717, 1.165) is 0 Å². The Morgan fingerprint density at radius 2 is 2.06 bits per heavy atom. The van der Waals surface area contributed by atoms with E-state index in [9.17, 15) is 8.42 Å². The lowest BCUT2D eigenvalue weighted by atomic mass is 10.3. The zero-order valence-corrected chi connectivity index (χ0v) is 10.0. The Kier molecular flexibility index (Phi) is 1.93. The number of amidine groups is 1. The first kappa shape index (κ1) is 9.92. The van der Waals surface area contributed by atoms with E-state index >= 15 is 0 Å². The summed E-state index contributed by atoms with van der Waals surface area (Å²) >= 11 is 1.34. The van der Waals surface area contributed by atoms with Crippen molar-refractivity contribution in [2.75, 3.05) is 0 Å². The molecule has 0 aromatic heterocycles. The van der Waals surface area contributed by atoms with Gasteiger partial charge in [-0.3, -0.25) is 0 Å². The largest absolute Gasteiger partial charge is 0.272 e. The van der Waals surface area contributed by atoms with Crippen molar-refractivity contribution in [2.45, 2.75) is 11.8 Å². The highest BCUT2D eigenvalue weighted by Gasteiger charge is 2.37. The van der Waals surface area contributed by atoms with E-state index in [1.165, 1.54) is 16.1 Å². The van der Waals surface area contributed by atoms with Gasteiger partial charge in [0.25, 0.3) is 10.0 Å². The summed E-state index contributed by atoms with van der Waals surface area (Å²) in [5.41, 5.74) is 1.21. The monoisotopic (exact) mass is 252 g/mol. The maximum absolute atomic E-state index is 12.3. The van der Waals surface area contributed by atoms with Crippen LogP contribution in [-0.2, 0) is 10.0 Å². The summed E-state index contributed by atoms with van der Waals surface area (Å²) in [6, 6.07) is 6.79. The number of rotatable bonds is 0. The normalized spacial score (nSPS) is 20.9. The second-order valence-corrected chi connectivity index (χ2v) is 6.10. The molecule has 0 saturated heterocycles. The van der Waals surface area contributed by atoms with E-state index in [1.54, 1.807) is 36.6 Å². The molecule has 0 atom stereocenters. The smallest absolute Gasteiger partial charge is 0.222 e. The fourth-order valence-electron chi connectivity index (χ4n) is 1.72. The van der Waals surface area contributed by atoms with Gasteiger partial charge in [0.2, 0.25) is 0 Å². The number of para-hydroxylation sites is 1. The van der Waals surface area contributed by atoms with Crippen molar-refractivity contribution in [3.05, 3.63) is 35.4 Å². The number of hydrogen-bond donors (Lipinski definition) is 0. The Hall–Kier alpha value is -1.27. The third-order valence-electron chi connectivity index (χ3n) is 2.43. The van der Waals surface area contributed by atoms with E-state index in [-0.39, 0.29) is 4.90 Å². The Morgan fingerprint density at radius 1 is 1.31 bits per heavy atom. The maximum Gasteiger partial charge on any atom is 0.272 e. The summed E-state index contributed by atoms with van der Waals surface area (Å²) in [6.07, 6.45) is 0. The molecule has 0 spiro atoms. The van der Waals surface area contributed by atoms with Gasteiger partial charge in [0.1, 0.15) is 4.90 Å². The van der Waals surface area contributed by atoms with Gasteiger partial charge in [-0.2, -0.15) is 0 Å². The number of sulfonamides is 1. The first-order valence-electron chi connectivity index (χ1n) is 4.67. The number of fused-ring (bicyclic) bond motifs is 2. The van der Waals surface area contributed by atoms with E-state index in [0.29, 0.717) is 16.6 Å². The van der Waals surface area contributed by atoms with Crippen LogP contribution in [0.25, 0.3) is 0 Å². The van der Waals surface area contributed by atoms with Crippen LogP contribution < -0.4 is 0 Å². The van der Waals surface area contributed by atoms with Crippen molar-refractivity contribution < 1.29 is 8.42 Å². The SMILES string of the molecule is CC1=CSC2=Nc3ccccc3S(=O)(=O)N12. The molecule has 4 nitrogen and oxygen atoms in total. The molecule has 2 aliphatic heterocycles. The topological polar surface area (TPSA) is 49.7 Å². The highest BCUT2D eigenvalue weighted by atomic mass is 32.2. The van der Waals surface area contributed by atoms with Crippen molar-refractivity contribution in [3.63, 3.8) is 0 Å². The predicted molar refractivity (Wildman–Crippen MR) is 63.9 cm³/mol. The minimum Gasteiger partial charge on any atom is -0.222 e. The van der Waals surface area contributed by atoms with E-state index in [4.69, 9.17) is 0 Å². The minimum absolute atomic E-state index is 0.272. The fourth-order valence-corrected chi connectivity index (χ4v) is 4.48. The minimum atomic E-state index is -3.46. The molecule has 82 valence electrons. The molecule has 0 saturated carbocycles. The Bertz CT molecular complexity index is 632. The highest BCUT2D eigenvalue weighted by molar-refractivity contribution is 8.17. The molecule has 1 aromatic carbocycles. The average Bonchev–Trinajstić information content (AvgIpc) is 2.61. The molecule has 0 N–H and O–H groups in total. The first-order valence-corrected chi connectivity index (χ1v) is 6.99. The average molecular weight is 252 g/mol. The van der Waals surface area contributed by atoms with Crippen LogP contribution in [0.15, 0.2) is 45.3 Å². The summed E-state index contributed by atoms with van der Waals surface area (Å²) < 4.78 is 25.9. The number of aliphatic imine (C=N–C) groups is 1. The molecule has 0 radical (unpaired) electrons. The van der Waals surface area contributed by atoms with Crippen LogP contribution in [0.4, 0.5) is 5.69 Å². The van der Waals surface area contributed by atoms with Crippen LogP contribution in [0.2, 0.25) is 0 Å². The molecule has 2 heterocycles. The number of allylic oxidation sites excluding steroid dienone is 1. The molecule has 0 aliphatic carbocycles. The molecule has 1 aromatic rings. The lowest BCUT2D eigenvalue weighted by Gasteiger charge is -2.24. The summed E-state index contributed by atoms with van der Waals surface area (Å²) in [6.45, 7) is 1.76.